The molecule has 114 valence electrons. The largest absolute Gasteiger partial charge is 0.347 e. The smallest absolute Gasteiger partial charge is 0.246 e. The van der Waals surface area contributed by atoms with Gasteiger partial charge in [0.1, 0.15) is 0 Å². The van der Waals surface area contributed by atoms with E-state index in [1.807, 2.05) is 44.7 Å². The van der Waals surface area contributed by atoms with Crippen molar-refractivity contribution in [1.29, 1.82) is 0 Å². The van der Waals surface area contributed by atoms with Crippen LogP contribution in [0.5, 0.6) is 0 Å². The van der Waals surface area contributed by atoms with Gasteiger partial charge in [-0.05, 0) is 30.9 Å². The summed E-state index contributed by atoms with van der Waals surface area (Å²) in [6, 6.07) is 6.14. The number of carbonyl (C=O) groups excluding carboxylic acids is 2. The Kier molecular flexibility index (Phi) is 4.35. The first-order valence-corrected chi connectivity index (χ1v) is 7.48. The van der Waals surface area contributed by atoms with Gasteiger partial charge in [0.2, 0.25) is 11.8 Å². The van der Waals surface area contributed by atoms with Crippen LogP contribution in [0.1, 0.15) is 38.3 Å². The van der Waals surface area contributed by atoms with E-state index in [4.69, 9.17) is 0 Å². The van der Waals surface area contributed by atoms with Crippen molar-refractivity contribution in [2.45, 2.75) is 40.5 Å². The van der Waals surface area contributed by atoms with Gasteiger partial charge in [-0.3, -0.25) is 9.59 Å². The molecular formula is C17H24N2O2. The Morgan fingerprint density at radius 2 is 2.00 bits per heavy atom. The molecule has 1 aromatic rings. The fourth-order valence-electron chi connectivity index (χ4n) is 2.61. The molecule has 1 aromatic carbocycles. The predicted octanol–water partition coefficient (Wildman–Crippen LogP) is 2.44. The van der Waals surface area contributed by atoms with E-state index in [1.54, 1.807) is 0 Å². The second kappa shape index (κ2) is 5.88. The summed E-state index contributed by atoms with van der Waals surface area (Å²) in [5, 5.41) is 2.74. The van der Waals surface area contributed by atoms with E-state index in [1.165, 1.54) is 5.56 Å². The molecule has 0 radical (unpaired) electrons. The topological polar surface area (TPSA) is 49.4 Å². The van der Waals surface area contributed by atoms with Crippen LogP contribution in [0.4, 0.5) is 5.69 Å². The number of nitrogens with zero attached hydrogens (tertiary/aromatic N) is 1. The Bertz CT molecular complexity index is 558. The van der Waals surface area contributed by atoms with Gasteiger partial charge in [-0.1, -0.05) is 39.0 Å². The van der Waals surface area contributed by atoms with E-state index in [-0.39, 0.29) is 18.4 Å². The van der Waals surface area contributed by atoms with Crippen LogP contribution < -0.4 is 10.2 Å². The first-order chi connectivity index (χ1) is 9.80. The fraction of sp³-hybridized carbons (Fsp3) is 0.529. The summed E-state index contributed by atoms with van der Waals surface area (Å²) in [6.45, 7) is 8.33. The van der Waals surface area contributed by atoms with Crippen molar-refractivity contribution >= 4 is 17.5 Å². The van der Waals surface area contributed by atoms with E-state index in [0.717, 1.165) is 30.6 Å². The number of para-hydroxylation sites is 1. The Balaban J connectivity index is 2.10. The molecule has 0 bridgehead atoms. The summed E-state index contributed by atoms with van der Waals surface area (Å²) >= 11 is 0. The highest BCUT2D eigenvalue weighted by Crippen LogP contribution is 2.30. The third-order valence-corrected chi connectivity index (χ3v) is 3.80. The molecule has 0 aliphatic carbocycles. The zero-order valence-corrected chi connectivity index (χ0v) is 13.3. The molecular weight excluding hydrogens is 264 g/mol. The number of anilines is 1. The monoisotopic (exact) mass is 288 g/mol. The Hall–Kier alpha value is -1.84. The van der Waals surface area contributed by atoms with Gasteiger partial charge in [0.25, 0.3) is 0 Å². The lowest BCUT2D eigenvalue weighted by molar-refractivity contribution is -0.130. The zero-order chi connectivity index (χ0) is 15.6. The van der Waals surface area contributed by atoms with E-state index < -0.39 is 5.41 Å². The first kappa shape index (κ1) is 15.5. The lowest BCUT2D eigenvalue weighted by Crippen LogP contribution is -2.45. The second-order valence-corrected chi connectivity index (χ2v) is 6.66. The molecule has 1 aliphatic rings. The number of hydrogen-bond acceptors (Lipinski definition) is 2. The van der Waals surface area contributed by atoms with E-state index in [0.29, 0.717) is 0 Å². The maximum Gasteiger partial charge on any atom is 0.246 e. The average Bonchev–Trinajstić information content (AvgIpc) is 2.43. The number of nitrogens with one attached hydrogen (secondary N) is 1. The predicted molar refractivity (Wildman–Crippen MR) is 84.3 cm³/mol. The lowest BCUT2D eigenvalue weighted by Gasteiger charge is -2.31. The summed E-state index contributed by atoms with van der Waals surface area (Å²) in [5.74, 6) is -0.138. The first-order valence-electron chi connectivity index (χ1n) is 7.48. The summed E-state index contributed by atoms with van der Waals surface area (Å²) in [4.78, 5) is 26.2. The van der Waals surface area contributed by atoms with Crippen LogP contribution in [-0.2, 0) is 16.0 Å². The maximum absolute atomic E-state index is 12.5. The van der Waals surface area contributed by atoms with Crippen molar-refractivity contribution in [3.05, 3.63) is 29.3 Å². The average molecular weight is 288 g/mol. The number of hydrogen-bond donors (Lipinski definition) is 1. The van der Waals surface area contributed by atoms with Gasteiger partial charge in [-0.2, -0.15) is 0 Å². The van der Waals surface area contributed by atoms with Crippen LogP contribution in [0.15, 0.2) is 18.2 Å². The number of rotatable bonds is 2. The molecule has 0 atom stereocenters. The molecule has 1 aliphatic heterocycles. The van der Waals surface area contributed by atoms with Gasteiger partial charge in [-0.15, -0.1) is 0 Å². The third-order valence-electron chi connectivity index (χ3n) is 3.80. The highest BCUT2D eigenvalue weighted by Gasteiger charge is 2.26. The molecule has 4 nitrogen and oxygen atoms in total. The quantitative estimate of drug-likeness (QED) is 0.908. The zero-order valence-electron chi connectivity index (χ0n) is 13.3. The summed E-state index contributed by atoms with van der Waals surface area (Å²) in [5.41, 5.74) is 2.88. The number of aryl methyl sites for hydroxylation is 2. The molecule has 0 saturated carbocycles. The standard InChI is InChI=1S/C17H24N2O2/c1-12-7-5-8-13-9-6-10-19(15(12)13)14(20)11-18-16(21)17(2,3)4/h5,7-8H,6,9-11H2,1-4H3,(H,18,21). The Morgan fingerprint density at radius 1 is 1.29 bits per heavy atom. The van der Waals surface area contributed by atoms with Gasteiger partial charge in [0.05, 0.1) is 6.54 Å². The molecule has 2 rings (SSSR count). The van der Waals surface area contributed by atoms with E-state index >= 15 is 0 Å². The van der Waals surface area contributed by atoms with Gasteiger partial charge in [-0.25, -0.2) is 0 Å². The lowest BCUT2D eigenvalue weighted by atomic mass is 9.95. The molecule has 0 fully saturated rings. The highest BCUT2D eigenvalue weighted by atomic mass is 16.2. The Labute approximate surface area is 126 Å². The minimum atomic E-state index is -0.476. The van der Waals surface area contributed by atoms with Crippen molar-refractivity contribution in [2.24, 2.45) is 5.41 Å². The van der Waals surface area contributed by atoms with Crippen molar-refractivity contribution in [3.8, 4) is 0 Å². The summed E-state index contributed by atoms with van der Waals surface area (Å²) in [6.07, 6.45) is 1.98. The molecule has 0 saturated heterocycles. The van der Waals surface area contributed by atoms with Crippen LogP contribution in [0, 0.1) is 12.3 Å². The molecule has 0 aromatic heterocycles. The number of amides is 2. The van der Waals surface area contributed by atoms with Gasteiger partial charge in [0, 0.05) is 17.6 Å². The van der Waals surface area contributed by atoms with Crippen LogP contribution in [-0.4, -0.2) is 24.9 Å². The van der Waals surface area contributed by atoms with Crippen molar-refractivity contribution in [3.63, 3.8) is 0 Å². The molecule has 4 heteroatoms. The summed E-state index contributed by atoms with van der Waals surface area (Å²) < 4.78 is 0. The third kappa shape index (κ3) is 3.43. The van der Waals surface area contributed by atoms with Crippen molar-refractivity contribution in [2.75, 3.05) is 18.0 Å². The molecule has 0 spiro atoms. The maximum atomic E-state index is 12.5. The molecule has 21 heavy (non-hydrogen) atoms. The van der Waals surface area contributed by atoms with Crippen LogP contribution >= 0.6 is 0 Å². The van der Waals surface area contributed by atoms with Crippen LogP contribution in [0.3, 0.4) is 0 Å². The molecule has 2 amide bonds. The highest BCUT2D eigenvalue weighted by molar-refractivity contribution is 5.98. The number of fused-ring (bicyclic) bond motifs is 1. The van der Waals surface area contributed by atoms with E-state index in [9.17, 15) is 9.59 Å². The summed E-state index contributed by atoms with van der Waals surface area (Å²) in [7, 11) is 0. The van der Waals surface area contributed by atoms with Gasteiger partial charge in [0.15, 0.2) is 0 Å². The SMILES string of the molecule is Cc1cccc2c1N(C(=O)CNC(=O)C(C)(C)C)CCC2. The minimum Gasteiger partial charge on any atom is -0.347 e. The van der Waals surface area contributed by atoms with Crippen LogP contribution in [0.2, 0.25) is 0 Å². The van der Waals surface area contributed by atoms with Crippen LogP contribution in [0.25, 0.3) is 0 Å². The van der Waals surface area contributed by atoms with Crippen molar-refractivity contribution < 1.29 is 9.59 Å². The number of carbonyl (C=O) groups is 2. The molecule has 0 unspecified atom stereocenters. The van der Waals surface area contributed by atoms with Crippen molar-refractivity contribution in [1.82, 2.24) is 5.32 Å². The number of benzene rings is 1. The molecule has 1 N–H and O–H groups in total. The second-order valence-electron chi connectivity index (χ2n) is 6.66. The normalized spacial score (nSPS) is 14.6. The molecule has 1 heterocycles. The van der Waals surface area contributed by atoms with Gasteiger partial charge < -0.3 is 10.2 Å². The minimum absolute atomic E-state index is 0.0390. The Morgan fingerprint density at radius 3 is 2.67 bits per heavy atom. The fourth-order valence-corrected chi connectivity index (χ4v) is 2.61. The van der Waals surface area contributed by atoms with E-state index in [2.05, 4.69) is 11.4 Å². The van der Waals surface area contributed by atoms with Gasteiger partial charge >= 0.3 is 0 Å².